The molecule has 55 heavy (non-hydrogen) atoms. The number of amides is 3. The van der Waals surface area contributed by atoms with E-state index in [-0.39, 0.29) is 48.6 Å². The molecule has 1 saturated heterocycles. The average Bonchev–Trinajstić information content (AvgIpc) is 3.07. The summed E-state index contributed by atoms with van der Waals surface area (Å²) in [5, 5.41) is 28.1. The van der Waals surface area contributed by atoms with Gasteiger partial charge in [0.15, 0.2) is 6.10 Å². The highest BCUT2D eigenvalue weighted by atomic mass is 16.6. The SMILES string of the molecule is CO[C@H]1C=CC=C(C)C(=O)Nc2cc(O)c(N3CCC3)c(c2O)C=C(C)C[C@H](OC)[C@H](OC(=O)CCCNC(=O)OC(C)(C)C)[C@@H](C)C=C(C)[C@@H]1OC(N)=O. The highest BCUT2D eigenvalue weighted by molar-refractivity contribution is 6.05. The summed E-state index contributed by atoms with van der Waals surface area (Å²) >= 11 is 0. The number of nitrogens with two attached hydrogens (primary N) is 1. The van der Waals surface area contributed by atoms with Crippen LogP contribution in [0.2, 0.25) is 0 Å². The lowest BCUT2D eigenvalue weighted by molar-refractivity contribution is -0.159. The number of ether oxygens (including phenoxy) is 5. The molecule has 2 aliphatic heterocycles. The maximum absolute atomic E-state index is 13.4. The molecule has 0 saturated carbocycles. The van der Waals surface area contributed by atoms with E-state index in [4.69, 9.17) is 29.4 Å². The number of allylic oxidation sites excluding steroid dienone is 2. The Balaban J connectivity index is 2.10. The van der Waals surface area contributed by atoms with E-state index in [2.05, 4.69) is 10.6 Å². The molecular formula is C40H58N4O11. The van der Waals surface area contributed by atoms with E-state index < -0.39 is 60.0 Å². The average molecular weight is 771 g/mol. The number of carbonyl (C=O) groups is 4. The number of hydrogen-bond acceptors (Lipinski definition) is 12. The van der Waals surface area contributed by atoms with Gasteiger partial charge in [-0.1, -0.05) is 36.8 Å². The Hall–Kier alpha value is -5.02. The van der Waals surface area contributed by atoms with Gasteiger partial charge in [-0.25, -0.2) is 9.59 Å². The lowest BCUT2D eigenvalue weighted by Gasteiger charge is -2.35. The van der Waals surface area contributed by atoms with Crippen molar-refractivity contribution in [2.45, 2.75) is 104 Å². The number of aromatic hydroxyl groups is 2. The predicted molar refractivity (Wildman–Crippen MR) is 209 cm³/mol. The third kappa shape index (κ3) is 13.1. The fourth-order valence-electron chi connectivity index (χ4n) is 6.26. The summed E-state index contributed by atoms with van der Waals surface area (Å²) in [6.45, 7) is 13.7. The topological polar surface area (TPSA) is 208 Å². The number of anilines is 2. The lowest BCUT2D eigenvalue weighted by atomic mass is 9.91. The normalized spacial score (nSPS) is 22.6. The number of nitrogens with one attached hydrogen (secondary N) is 2. The van der Waals surface area contributed by atoms with Gasteiger partial charge in [-0.2, -0.15) is 0 Å². The third-order valence-corrected chi connectivity index (χ3v) is 9.10. The molecule has 0 aromatic heterocycles. The van der Waals surface area contributed by atoms with Crippen LogP contribution in [-0.2, 0) is 33.3 Å². The maximum atomic E-state index is 13.4. The van der Waals surface area contributed by atoms with Crippen LogP contribution in [0.3, 0.4) is 0 Å². The molecule has 3 rings (SSSR count). The molecule has 1 aromatic carbocycles. The van der Waals surface area contributed by atoms with Crippen LogP contribution in [0.5, 0.6) is 11.5 Å². The molecular weight excluding hydrogens is 712 g/mol. The van der Waals surface area contributed by atoms with Crippen molar-refractivity contribution in [3.05, 3.63) is 52.7 Å². The van der Waals surface area contributed by atoms with Crippen molar-refractivity contribution in [2.24, 2.45) is 11.7 Å². The van der Waals surface area contributed by atoms with Gasteiger partial charge in [-0.3, -0.25) is 9.59 Å². The number of phenolic OH excluding ortho intramolecular Hbond substituents is 2. The van der Waals surface area contributed by atoms with Gasteiger partial charge < -0.3 is 55.2 Å². The molecule has 15 nitrogen and oxygen atoms in total. The molecule has 6 N–H and O–H groups in total. The van der Waals surface area contributed by atoms with E-state index in [9.17, 15) is 29.4 Å². The monoisotopic (exact) mass is 770 g/mol. The highest BCUT2D eigenvalue weighted by Gasteiger charge is 2.33. The Labute approximate surface area is 323 Å². The van der Waals surface area contributed by atoms with E-state index in [1.54, 1.807) is 58.9 Å². The number of phenols is 2. The highest BCUT2D eigenvalue weighted by Crippen LogP contribution is 2.45. The zero-order valence-corrected chi connectivity index (χ0v) is 33.4. The predicted octanol–water partition coefficient (Wildman–Crippen LogP) is 5.85. The van der Waals surface area contributed by atoms with Gasteiger partial charge in [0.1, 0.15) is 29.3 Å². The summed E-state index contributed by atoms with van der Waals surface area (Å²) in [4.78, 5) is 52.7. The third-order valence-electron chi connectivity index (χ3n) is 9.10. The molecule has 3 amide bonds. The number of rotatable bonds is 9. The first-order valence-corrected chi connectivity index (χ1v) is 18.4. The molecule has 0 spiro atoms. The molecule has 2 heterocycles. The van der Waals surface area contributed by atoms with Gasteiger partial charge in [0.25, 0.3) is 5.91 Å². The minimum Gasteiger partial charge on any atom is -0.506 e. The van der Waals surface area contributed by atoms with Crippen LogP contribution in [0.25, 0.3) is 6.08 Å². The minimum atomic E-state index is -1.04. The first kappa shape index (κ1) is 44.4. The maximum Gasteiger partial charge on any atom is 0.407 e. The van der Waals surface area contributed by atoms with Crippen LogP contribution in [0.15, 0.2) is 47.1 Å². The fourth-order valence-corrected chi connectivity index (χ4v) is 6.26. The van der Waals surface area contributed by atoms with Gasteiger partial charge in [-0.05, 0) is 72.5 Å². The van der Waals surface area contributed by atoms with Crippen LogP contribution < -0.4 is 21.3 Å². The first-order valence-electron chi connectivity index (χ1n) is 18.4. The van der Waals surface area contributed by atoms with Crippen molar-refractivity contribution in [3.8, 4) is 11.5 Å². The number of methoxy groups -OCH3 is 2. The van der Waals surface area contributed by atoms with Gasteiger partial charge in [0.2, 0.25) is 0 Å². The van der Waals surface area contributed by atoms with Crippen LogP contribution in [0, 0.1) is 5.92 Å². The Morgan fingerprint density at radius 2 is 1.76 bits per heavy atom. The molecule has 1 aromatic rings. The second kappa shape index (κ2) is 20.1. The van der Waals surface area contributed by atoms with E-state index in [0.717, 1.165) is 6.42 Å². The molecule has 0 unspecified atom stereocenters. The number of alkyl carbamates (subject to hydrolysis) is 1. The van der Waals surface area contributed by atoms with Gasteiger partial charge in [0, 0.05) is 63.4 Å². The number of fused-ring (bicyclic) bond motifs is 2. The minimum absolute atomic E-state index is 0.00913. The quantitative estimate of drug-likeness (QED) is 0.0501. The lowest BCUT2D eigenvalue weighted by Crippen LogP contribution is -2.39. The van der Waals surface area contributed by atoms with Crippen LogP contribution >= 0.6 is 0 Å². The number of hydrogen-bond donors (Lipinski definition) is 5. The summed E-state index contributed by atoms with van der Waals surface area (Å²) in [6.07, 6.45) is 4.51. The van der Waals surface area contributed by atoms with Crippen molar-refractivity contribution in [3.63, 3.8) is 0 Å². The molecule has 2 aliphatic rings. The number of primary amides is 1. The van der Waals surface area contributed by atoms with Crippen molar-refractivity contribution >= 4 is 41.5 Å². The summed E-state index contributed by atoms with van der Waals surface area (Å²) in [6, 6.07) is 1.32. The largest absolute Gasteiger partial charge is 0.506 e. The molecule has 5 atom stereocenters. The van der Waals surface area contributed by atoms with Crippen molar-refractivity contribution < 1.29 is 53.1 Å². The second-order valence-electron chi connectivity index (χ2n) is 14.9. The Morgan fingerprint density at radius 1 is 1.07 bits per heavy atom. The summed E-state index contributed by atoms with van der Waals surface area (Å²) in [5.41, 5.74) is 7.06. The summed E-state index contributed by atoms with van der Waals surface area (Å²) < 4.78 is 28.5. The summed E-state index contributed by atoms with van der Waals surface area (Å²) in [5.74, 6) is -1.94. The van der Waals surface area contributed by atoms with E-state index >= 15 is 0 Å². The number of nitrogens with zero attached hydrogens (tertiary/aromatic N) is 1. The molecule has 304 valence electrons. The second-order valence-corrected chi connectivity index (χ2v) is 14.9. The smallest absolute Gasteiger partial charge is 0.407 e. The van der Waals surface area contributed by atoms with Crippen molar-refractivity contribution in [1.82, 2.24) is 5.32 Å². The zero-order valence-electron chi connectivity index (χ0n) is 33.4. The summed E-state index contributed by atoms with van der Waals surface area (Å²) in [7, 11) is 2.92. The van der Waals surface area contributed by atoms with Crippen molar-refractivity contribution in [2.75, 3.05) is 44.1 Å². The standard InChI is InChI=1S/C40H58N4O11/c1-23-19-27-33(44-17-12-18-44)29(45)22-28(34(27)47)43-37(48)24(2)13-10-14-30(51-8)35(54-38(41)49)25(3)21-26(4)36(31(20-23)52-9)53-32(46)15-11-16-42-39(50)55-40(5,6)7/h10,13-14,19,21-22,26,30-31,35-36,45,47H,11-12,15-18,20H2,1-9H3,(H2,41,49)(H,42,50)(H,43,48)/t26-,30-,31-,35-,36+/m0/s1. The van der Waals surface area contributed by atoms with E-state index in [1.807, 2.05) is 18.7 Å². The van der Waals surface area contributed by atoms with Crippen LogP contribution in [0.4, 0.5) is 21.0 Å². The number of esters is 1. The Bertz CT molecular complexity index is 1670. The molecule has 2 bridgehead atoms. The van der Waals surface area contributed by atoms with Gasteiger partial charge >= 0.3 is 18.2 Å². The fraction of sp³-hybridized carbons (Fsp3) is 0.550. The van der Waals surface area contributed by atoms with Crippen molar-refractivity contribution in [1.29, 1.82) is 0 Å². The van der Waals surface area contributed by atoms with Crippen LogP contribution in [0.1, 0.15) is 79.7 Å². The first-order chi connectivity index (χ1) is 25.8. The van der Waals surface area contributed by atoms with Gasteiger partial charge in [0.05, 0.1) is 17.5 Å². The number of benzene rings is 1. The number of carbonyl (C=O) groups excluding carboxylic acids is 4. The Morgan fingerprint density at radius 3 is 2.35 bits per heavy atom. The van der Waals surface area contributed by atoms with E-state index in [0.29, 0.717) is 35.5 Å². The molecule has 0 aliphatic carbocycles. The molecule has 1 fully saturated rings. The molecule has 0 radical (unpaired) electrons. The van der Waals surface area contributed by atoms with Gasteiger partial charge in [-0.15, -0.1) is 0 Å². The van der Waals surface area contributed by atoms with Crippen LogP contribution in [-0.4, -0.2) is 98.1 Å². The molecule has 15 heteroatoms. The zero-order chi connectivity index (χ0) is 41.0. The van der Waals surface area contributed by atoms with E-state index in [1.165, 1.54) is 26.4 Å². The Kier molecular flexibility index (Phi) is 16.2.